The molecule has 4 nitrogen and oxygen atoms in total. The van der Waals surface area contributed by atoms with E-state index >= 15 is 0 Å². The number of carbonyl (C=O) groups excluding carboxylic acids is 1. The number of aliphatic hydroxyl groups excluding tert-OH is 1. The minimum absolute atomic E-state index is 0.0225. The molecule has 1 atom stereocenters. The average molecular weight is 226 g/mol. The van der Waals surface area contributed by atoms with Gasteiger partial charge in [-0.05, 0) is 26.7 Å². The standard InChI is InChI=1S/C12H22N2O2/c1-12(2)8-14(9-5-3-4-6-9)10(7-15)11(16)13-12/h9-10,15H,3-8H2,1-2H3,(H,13,16). The maximum atomic E-state index is 11.9. The van der Waals surface area contributed by atoms with Crippen LogP contribution in [-0.4, -0.2) is 46.7 Å². The van der Waals surface area contributed by atoms with E-state index in [1.165, 1.54) is 25.7 Å². The van der Waals surface area contributed by atoms with Crippen LogP contribution in [0.3, 0.4) is 0 Å². The highest BCUT2D eigenvalue weighted by molar-refractivity contribution is 5.83. The van der Waals surface area contributed by atoms with E-state index in [0.29, 0.717) is 6.04 Å². The molecule has 0 aromatic carbocycles. The van der Waals surface area contributed by atoms with Crippen LogP contribution < -0.4 is 5.32 Å². The van der Waals surface area contributed by atoms with Crippen LogP contribution in [0.15, 0.2) is 0 Å². The van der Waals surface area contributed by atoms with Gasteiger partial charge >= 0.3 is 0 Å². The fraction of sp³-hybridized carbons (Fsp3) is 0.917. The fourth-order valence-corrected chi connectivity index (χ4v) is 2.98. The maximum Gasteiger partial charge on any atom is 0.240 e. The third-order valence-electron chi connectivity index (χ3n) is 3.71. The predicted octanol–water partition coefficient (Wildman–Crippen LogP) is 0.500. The Labute approximate surface area is 97.0 Å². The molecular weight excluding hydrogens is 204 g/mol. The molecule has 92 valence electrons. The van der Waals surface area contributed by atoms with Crippen molar-refractivity contribution in [3.8, 4) is 0 Å². The maximum absolute atomic E-state index is 11.9. The van der Waals surface area contributed by atoms with Crippen molar-refractivity contribution in [1.29, 1.82) is 0 Å². The number of amides is 1. The number of rotatable bonds is 2. The van der Waals surface area contributed by atoms with E-state index in [4.69, 9.17) is 0 Å². The number of carbonyl (C=O) groups is 1. The van der Waals surface area contributed by atoms with Gasteiger partial charge in [0, 0.05) is 18.1 Å². The van der Waals surface area contributed by atoms with Gasteiger partial charge in [-0.2, -0.15) is 0 Å². The monoisotopic (exact) mass is 226 g/mol. The Morgan fingerprint density at radius 1 is 1.44 bits per heavy atom. The third kappa shape index (κ3) is 2.23. The number of nitrogens with one attached hydrogen (secondary N) is 1. The van der Waals surface area contributed by atoms with E-state index in [9.17, 15) is 9.90 Å². The smallest absolute Gasteiger partial charge is 0.240 e. The number of hydrogen-bond donors (Lipinski definition) is 2. The van der Waals surface area contributed by atoms with Crippen LogP contribution in [-0.2, 0) is 4.79 Å². The largest absolute Gasteiger partial charge is 0.394 e. The molecule has 1 heterocycles. The van der Waals surface area contributed by atoms with Crippen molar-refractivity contribution in [2.45, 2.75) is 57.2 Å². The Balaban J connectivity index is 2.14. The lowest BCUT2D eigenvalue weighted by atomic mass is 9.96. The number of nitrogens with zero attached hydrogens (tertiary/aromatic N) is 1. The third-order valence-corrected chi connectivity index (χ3v) is 3.71. The molecule has 0 aromatic heterocycles. The van der Waals surface area contributed by atoms with Gasteiger partial charge in [-0.15, -0.1) is 0 Å². The molecule has 0 bridgehead atoms. The van der Waals surface area contributed by atoms with E-state index in [0.717, 1.165) is 6.54 Å². The van der Waals surface area contributed by atoms with Gasteiger partial charge in [0.15, 0.2) is 0 Å². The molecule has 2 N–H and O–H groups in total. The first-order valence-corrected chi connectivity index (χ1v) is 6.22. The van der Waals surface area contributed by atoms with Crippen molar-refractivity contribution in [2.24, 2.45) is 0 Å². The summed E-state index contributed by atoms with van der Waals surface area (Å²) in [7, 11) is 0. The van der Waals surface area contributed by atoms with Gasteiger partial charge in [-0.3, -0.25) is 9.69 Å². The summed E-state index contributed by atoms with van der Waals surface area (Å²) in [4.78, 5) is 14.1. The Morgan fingerprint density at radius 3 is 2.62 bits per heavy atom. The number of hydrogen-bond acceptors (Lipinski definition) is 3. The molecule has 2 aliphatic rings. The van der Waals surface area contributed by atoms with Crippen molar-refractivity contribution in [2.75, 3.05) is 13.2 Å². The van der Waals surface area contributed by atoms with Crippen LogP contribution in [0.25, 0.3) is 0 Å². The second kappa shape index (κ2) is 4.34. The summed E-state index contributed by atoms with van der Waals surface area (Å²) in [5, 5.41) is 12.3. The van der Waals surface area contributed by atoms with Gasteiger partial charge in [0.05, 0.1) is 6.61 Å². The molecule has 16 heavy (non-hydrogen) atoms. The van der Waals surface area contributed by atoms with E-state index in [1.54, 1.807) is 0 Å². The first-order chi connectivity index (χ1) is 7.53. The van der Waals surface area contributed by atoms with Crippen LogP contribution in [0.1, 0.15) is 39.5 Å². The SMILES string of the molecule is CC1(C)CN(C2CCCC2)C(CO)C(=O)N1. The molecule has 2 fully saturated rings. The molecule has 1 unspecified atom stereocenters. The Morgan fingerprint density at radius 2 is 2.06 bits per heavy atom. The lowest BCUT2D eigenvalue weighted by Gasteiger charge is -2.45. The molecule has 0 aromatic rings. The zero-order valence-corrected chi connectivity index (χ0v) is 10.2. The summed E-state index contributed by atoms with van der Waals surface area (Å²) in [5.74, 6) is -0.0225. The first kappa shape index (κ1) is 11.9. The van der Waals surface area contributed by atoms with Gasteiger partial charge in [-0.1, -0.05) is 12.8 Å². The summed E-state index contributed by atoms with van der Waals surface area (Å²) in [5.41, 5.74) is -0.175. The van der Waals surface area contributed by atoms with Crippen molar-refractivity contribution >= 4 is 5.91 Å². The molecule has 1 saturated heterocycles. The van der Waals surface area contributed by atoms with Crippen molar-refractivity contribution in [1.82, 2.24) is 10.2 Å². The highest BCUT2D eigenvalue weighted by Gasteiger charge is 2.41. The zero-order chi connectivity index (χ0) is 11.8. The predicted molar refractivity (Wildman–Crippen MR) is 62.1 cm³/mol. The molecular formula is C12H22N2O2. The topological polar surface area (TPSA) is 52.6 Å². The van der Waals surface area contributed by atoms with Gasteiger partial charge in [0.1, 0.15) is 6.04 Å². The summed E-state index contributed by atoms with van der Waals surface area (Å²) in [6, 6.07) is 0.151. The van der Waals surface area contributed by atoms with Crippen LogP contribution in [0, 0.1) is 0 Å². The normalized spacial score (nSPS) is 31.7. The second-order valence-corrected chi connectivity index (χ2v) is 5.68. The van der Waals surface area contributed by atoms with Crippen molar-refractivity contribution in [3.05, 3.63) is 0 Å². The highest BCUT2D eigenvalue weighted by Crippen LogP contribution is 2.28. The first-order valence-electron chi connectivity index (χ1n) is 6.22. The molecule has 1 amide bonds. The summed E-state index contributed by atoms with van der Waals surface area (Å²) in [6.07, 6.45) is 4.84. The Hall–Kier alpha value is -0.610. The lowest BCUT2D eigenvalue weighted by molar-refractivity contribution is -0.136. The van der Waals surface area contributed by atoms with Crippen LogP contribution >= 0.6 is 0 Å². The van der Waals surface area contributed by atoms with Crippen LogP contribution in [0.4, 0.5) is 0 Å². The van der Waals surface area contributed by atoms with Gasteiger partial charge in [0.25, 0.3) is 0 Å². The number of aliphatic hydroxyl groups is 1. The Bertz CT molecular complexity index is 272. The minimum Gasteiger partial charge on any atom is -0.394 e. The molecule has 1 aliphatic heterocycles. The van der Waals surface area contributed by atoms with E-state index in [-0.39, 0.29) is 24.1 Å². The highest BCUT2D eigenvalue weighted by atomic mass is 16.3. The molecule has 1 saturated carbocycles. The van der Waals surface area contributed by atoms with Crippen LogP contribution in [0.5, 0.6) is 0 Å². The van der Waals surface area contributed by atoms with Crippen LogP contribution in [0.2, 0.25) is 0 Å². The van der Waals surface area contributed by atoms with Crippen molar-refractivity contribution < 1.29 is 9.90 Å². The quantitative estimate of drug-likeness (QED) is 0.721. The summed E-state index contributed by atoms with van der Waals surface area (Å²) in [6.45, 7) is 4.86. The van der Waals surface area contributed by atoms with Gasteiger partial charge in [-0.25, -0.2) is 0 Å². The molecule has 2 rings (SSSR count). The van der Waals surface area contributed by atoms with Gasteiger partial charge < -0.3 is 10.4 Å². The summed E-state index contributed by atoms with van der Waals surface area (Å²) < 4.78 is 0. The Kier molecular flexibility index (Phi) is 3.22. The summed E-state index contributed by atoms with van der Waals surface area (Å²) >= 11 is 0. The van der Waals surface area contributed by atoms with Gasteiger partial charge in [0.2, 0.25) is 5.91 Å². The molecule has 0 radical (unpaired) electrons. The molecule has 1 aliphatic carbocycles. The molecule has 0 spiro atoms. The van der Waals surface area contributed by atoms with Crippen molar-refractivity contribution in [3.63, 3.8) is 0 Å². The van der Waals surface area contributed by atoms with E-state index in [2.05, 4.69) is 10.2 Å². The zero-order valence-electron chi connectivity index (χ0n) is 10.2. The molecule has 4 heteroatoms. The average Bonchev–Trinajstić information content (AvgIpc) is 2.67. The fourth-order valence-electron chi connectivity index (χ4n) is 2.98. The lowest BCUT2D eigenvalue weighted by Crippen LogP contribution is -2.67. The van der Waals surface area contributed by atoms with E-state index in [1.807, 2.05) is 13.8 Å². The second-order valence-electron chi connectivity index (χ2n) is 5.68. The van der Waals surface area contributed by atoms with E-state index < -0.39 is 0 Å². The minimum atomic E-state index is -0.337. The number of piperazine rings is 1.